The molecule has 1 saturated carbocycles. The second-order valence-electron chi connectivity index (χ2n) is 4.92. The minimum Gasteiger partial charge on any atom is -0.481 e. The average molecular weight is 344 g/mol. The van der Waals surface area contributed by atoms with Gasteiger partial charge in [0.2, 0.25) is 5.91 Å². The lowest BCUT2D eigenvalue weighted by atomic mass is 9.78. The maximum atomic E-state index is 13.7. The Labute approximate surface area is 124 Å². The number of aliphatic carboxylic acids is 1. The Morgan fingerprint density at radius 3 is 2.50 bits per heavy atom. The Hall–Kier alpha value is -1.43. The van der Waals surface area contributed by atoms with Crippen LogP contribution in [-0.4, -0.2) is 17.0 Å². The van der Waals surface area contributed by atoms with E-state index in [1.54, 1.807) is 6.07 Å². The van der Waals surface area contributed by atoms with Crippen LogP contribution in [-0.2, 0) is 9.59 Å². The normalized spacial score (nSPS) is 22.3. The highest BCUT2D eigenvalue weighted by molar-refractivity contribution is 9.10. The molecule has 0 aromatic heterocycles. The highest BCUT2D eigenvalue weighted by Gasteiger charge is 2.36. The maximum absolute atomic E-state index is 13.7. The number of rotatable bonds is 3. The maximum Gasteiger partial charge on any atom is 0.307 e. The number of benzene rings is 1. The monoisotopic (exact) mass is 343 g/mol. The number of hydrogen-bond acceptors (Lipinski definition) is 2. The van der Waals surface area contributed by atoms with Crippen molar-refractivity contribution in [1.82, 2.24) is 0 Å². The van der Waals surface area contributed by atoms with Gasteiger partial charge in [0.05, 0.1) is 17.5 Å². The molecule has 2 rings (SSSR count). The van der Waals surface area contributed by atoms with Crippen LogP contribution in [0.1, 0.15) is 25.7 Å². The number of carbonyl (C=O) groups excluding carboxylic acids is 1. The zero-order valence-electron chi connectivity index (χ0n) is 10.7. The van der Waals surface area contributed by atoms with E-state index in [0.29, 0.717) is 17.3 Å². The molecule has 4 nitrogen and oxygen atoms in total. The number of carboxylic acids is 1. The second kappa shape index (κ2) is 6.35. The van der Waals surface area contributed by atoms with Gasteiger partial charge in [0.25, 0.3) is 0 Å². The molecule has 1 aromatic carbocycles. The van der Waals surface area contributed by atoms with Gasteiger partial charge in [0.1, 0.15) is 5.82 Å². The van der Waals surface area contributed by atoms with Crippen molar-refractivity contribution in [3.8, 4) is 0 Å². The first-order valence-corrected chi connectivity index (χ1v) is 7.27. The molecule has 2 unspecified atom stereocenters. The minimum atomic E-state index is -0.961. The van der Waals surface area contributed by atoms with E-state index in [0.717, 1.165) is 12.8 Å². The molecule has 0 saturated heterocycles. The molecule has 20 heavy (non-hydrogen) atoms. The SMILES string of the molecule is O=C(O)C1CCCCC1C(=O)Nc1c(F)cccc1Br. The van der Waals surface area contributed by atoms with E-state index in [1.807, 2.05) is 0 Å². The van der Waals surface area contributed by atoms with Gasteiger partial charge in [-0.2, -0.15) is 0 Å². The van der Waals surface area contributed by atoms with Gasteiger partial charge in [-0.25, -0.2) is 4.39 Å². The van der Waals surface area contributed by atoms with E-state index in [2.05, 4.69) is 21.2 Å². The van der Waals surface area contributed by atoms with Crippen molar-refractivity contribution in [2.75, 3.05) is 5.32 Å². The number of carboxylic acid groups (broad SMARTS) is 1. The summed E-state index contributed by atoms with van der Waals surface area (Å²) in [5, 5.41) is 11.7. The molecule has 1 amide bonds. The Bertz CT molecular complexity index is 515. The van der Waals surface area contributed by atoms with Crippen LogP contribution in [0.15, 0.2) is 22.7 Å². The van der Waals surface area contributed by atoms with E-state index < -0.39 is 29.5 Å². The second-order valence-corrected chi connectivity index (χ2v) is 5.78. The van der Waals surface area contributed by atoms with Crippen molar-refractivity contribution in [3.05, 3.63) is 28.5 Å². The van der Waals surface area contributed by atoms with Gasteiger partial charge in [0.15, 0.2) is 0 Å². The molecular formula is C14H15BrFNO3. The molecule has 0 aliphatic heterocycles. The molecule has 2 atom stereocenters. The summed E-state index contributed by atoms with van der Waals surface area (Å²) < 4.78 is 14.1. The first-order valence-electron chi connectivity index (χ1n) is 6.48. The Morgan fingerprint density at radius 1 is 1.25 bits per heavy atom. The number of carbonyl (C=O) groups is 2. The molecule has 2 N–H and O–H groups in total. The Kier molecular flexibility index (Phi) is 4.75. The summed E-state index contributed by atoms with van der Waals surface area (Å²) in [7, 11) is 0. The number of para-hydroxylation sites is 1. The average Bonchev–Trinajstić information content (AvgIpc) is 2.43. The fraction of sp³-hybridized carbons (Fsp3) is 0.429. The van der Waals surface area contributed by atoms with Gasteiger partial charge in [-0.15, -0.1) is 0 Å². The van der Waals surface area contributed by atoms with Crippen LogP contribution in [0.5, 0.6) is 0 Å². The number of hydrogen-bond donors (Lipinski definition) is 2. The van der Waals surface area contributed by atoms with Crippen molar-refractivity contribution in [2.24, 2.45) is 11.8 Å². The van der Waals surface area contributed by atoms with Crippen LogP contribution >= 0.6 is 15.9 Å². The van der Waals surface area contributed by atoms with Crippen LogP contribution in [0.25, 0.3) is 0 Å². The predicted molar refractivity (Wildman–Crippen MR) is 75.8 cm³/mol. The van der Waals surface area contributed by atoms with Crippen LogP contribution in [0.3, 0.4) is 0 Å². The first-order chi connectivity index (χ1) is 9.50. The third-order valence-electron chi connectivity index (χ3n) is 3.63. The lowest BCUT2D eigenvalue weighted by Gasteiger charge is -2.27. The molecule has 1 fully saturated rings. The molecule has 1 aromatic rings. The van der Waals surface area contributed by atoms with Crippen LogP contribution in [0, 0.1) is 17.7 Å². The smallest absolute Gasteiger partial charge is 0.307 e. The van der Waals surface area contributed by atoms with Crippen molar-refractivity contribution in [1.29, 1.82) is 0 Å². The van der Waals surface area contributed by atoms with Gasteiger partial charge in [0, 0.05) is 4.47 Å². The van der Waals surface area contributed by atoms with Crippen molar-refractivity contribution < 1.29 is 19.1 Å². The topological polar surface area (TPSA) is 66.4 Å². The molecule has 1 aliphatic rings. The van der Waals surface area contributed by atoms with Gasteiger partial charge in [-0.3, -0.25) is 9.59 Å². The highest BCUT2D eigenvalue weighted by Crippen LogP contribution is 2.32. The molecule has 108 valence electrons. The van der Waals surface area contributed by atoms with Gasteiger partial charge in [-0.1, -0.05) is 18.9 Å². The number of anilines is 1. The number of amides is 1. The summed E-state index contributed by atoms with van der Waals surface area (Å²) in [5.41, 5.74) is 0.0622. The van der Waals surface area contributed by atoms with Crippen LogP contribution < -0.4 is 5.32 Å². The number of halogens is 2. The summed E-state index contributed by atoms with van der Waals surface area (Å²) in [6.45, 7) is 0. The third kappa shape index (κ3) is 3.17. The fourth-order valence-corrected chi connectivity index (χ4v) is 3.01. The van der Waals surface area contributed by atoms with E-state index in [1.165, 1.54) is 12.1 Å². The molecule has 1 aliphatic carbocycles. The van der Waals surface area contributed by atoms with E-state index >= 15 is 0 Å². The molecule has 0 spiro atoms. The van der Waals surface area contributed by atoms with Gasteiger partial charge < -0.3 is 10.4 Å². The van der Waals surface area contributed by atoms with E-state index in [9.17, 15) is 14.0 Å². The largest absolute Gasteiger partial charge is 0.481 e. The fourth-order valence-electron chi connectivity index (χ4n) is 2.57. The standard InChI is InChI=1S/C14H15BrFNO3/c15-10-6-3-7-11(16)12(10)17-13(18)8-4-1-2-5-9(8)14(19)20/h3,6-9H,1-2,4-5H2,(H,17,18)(H,19,20). The quantitative estimate of drug-likeness (QED) is 0.883. The van der Waals surface area contributed by atoms with E-state index in [4.69, 9.17) is 5.11 Å². The molecule has 0 heterocycles. The summed E-state index contributed by atoms with van der Waals surface area (Å²) in [4.78, 5) is 23.4. The van der Waals surface area contributed by atoms with Crippen LogP contribution in [0.4, 0.5) is 10.1 Å². The minimum absolute atomic E-state index is 0.0622. The van der Waals surface area contributed by atoms with Crippen molar-refractivity contribution in [3.63, 3.8) is 0 Å². The summed E-state index contributed by atoms with van der Waals surface area (Å²) in [5.74, 6) is -3.22. The summed E-state index contributed by atoms with van der Waals surface area (Å²) >= 11 is 3.17. The zero-order chi connectivity index (χ0) is 14.7. The van der Waals surface area contributed by atoms with E-state index in [-0.39, 0.29) is 5.69 Å². The lowest BCUT2D eigenvalue weighted by molar-refractivity contribution is -0.147. The summed E-state index contributed by atoms with van der Waals surface area (Å²) in [6.07, 6.45) is 2.64. The Balaban J connectivity index is 2.16. The lowest BCUT2D eigenvalue weighted by Crippen LogP contribution is -2.36. The van der Waals surface area contributed by atoms with Gasteiger partial charge >= 0.3 is 5.97 Å². The van der Waals surface area contributed by atoms with Gasteiger partial charge in [-0.05, 0) is 40.9 Å². The Morgan fingerprint density at radius 2 is 1.90 bits per heavy atom. The zero-order valence-corrected chi connectivity index (χ0v) is 12.3. The van der Waals surface area contributed by atoms with Crippen LogP contribution in [0.2, 0.25) is 0 Å². The molecule has 0 radical (unpaired) electrons. The highest BCUT2D eigenvalue weighted by atomic mass is 79.9. The third-order valence-corrected chi connectivity index (χ3v) is 4.29. The van der Waals surface area contributed by atoms with Crippen molar-refractivity contribution in [2.45, 2.75) is 25.7 Å². The number of nitrogens with one attached hydrogen (secondary N) is 1. The molecular weight excluding hydrogens is 329 g/mol. The molecule has 0 bridgehead atoms. The summed E-state index contributed by atoms with van der Waals surface area (Å²) in [6, 6.07) is 4.39. The predicted octanol–water partition coefficient (Wildman–Crippen LogP) is 3.42. The molecule has 6 heteroatoms. The van der Waals surface area contributed by atoms with Crippen molar-refractivity contribution >= 4 is 33.5 Å². The first kappa shape index (κ1) is 15.0.